The number of hydrogen-bond donors (Lipinski definition) is 1. The van der Waals surface area contributed by atoms with Gasteiger partial charge in [-0.3, -0.25) is 14.9 Å². The Hall–Kier alpha value is -2.05. The summed E-state index contributed by atoms with van der Waals surface area (Å²) < 4.78 is 0. The Morgan fingerprint density at radius 1 is 1.24 bits per heavy atom. The summed E-state index contributed by atoms with van der Waals surface area (Å²) in [7, 11) is 0. The second-order valence-electron chi connectivity index (χ2n) is 4.10. The highest BCUT2D eigenvalue weighted by Crippen LogP contribution is 2.24. The molecule has 0 heterocycles. The predicted octanol–water partition coefficient (Wildman–Crippen LogP) is 4.22. The maximum Gasteiger partial charge on any atom is 0.283 e. The fourth-order valence-electron chi connectivity index (χ4n) is 1.72. The Labute approximate surface area is 130 Å². The number of nitrogens with zero attached hydrogens (tertiary/aromatic N) is 1. The lowest BCUT2D eigenvalue weighted by Gasteiger charge is -2.06. The van der Waals surface area contributed by atoms with E-state index >= 15 is 0 Å². The minimum absolute atomic E-state index is 0.0293. The number of anilines is 1. The van der Waals surface area contributed by atoms with Crippen LogP contribution in [0, 0.1) is 10.1 Å². The van der Waals surface area contributed by atoms with Crippen LogP contribution >= 0.6 is 23.4 Å². The Morgan fingerprint density at radius 3 is 2.48 bits per heavy atom. The molecule has 0 aliphatic heterocycles. The Kier molecular flexibility index (Phi) is 4.82. The number of amides is 1. The van der Waals surface area contributed by atoms with Gasteiger partial charge in [0, 0.05) is 21.7 Å². The van der Waals surface area contributed by atoms with Crippen molar-refractivity contribution in [3.63, 3.8) is 0 Å². The number of halogens is 1. The number of nitro benzene ring substituents is 1. The minimum atomic E-state index is -0.627. The molecule has 0 saturated heterocycles. The number of thioether (sulfide) groups is 1. The molecule has 21 heavy (non-hydrogen) atoms. The molecule has 2 aromatic carbocycles. The van der Waals surface area contributed by atoms with Crippen molar-refractivity contribution in [2.75, 3.05) is 11.6 Å². The van der Waals surface area contributed by atoms with Crippen molar-refractivity contribution in [3.8, 4) is 0 Å². The van der Waals surface area contributed by atoms with Crippen molar-refractivity contribution >= 4 is 40.6 Å². The molecule has 0 aliphatic rings. The topological polar surface area (TPSA) is 72.2 Å². The van der Waals surface area contributed by atoms with Crippen molar-refractivity contribution in [3.05, 3.63) is 63.2 Å². The van der Waals surface area contributed by atoms with Crippen LogP contribution in [0.15, 0.2) is 47.4 Å². The summed E-state index contributed by atoms with van der Waals surface area (Å²) >= 11 is 7.30. The predicted molar refractivity (Wildman–Crippen MR) is 84.3 cm³/mol. The van der Waals surface area contributed by atoms with Crippen LogP contribution in [-0.2, 0) is 0 Å². The molecule has 0 bridgehead atoms. The third-order valence-electron chi connectivity index (χ3n) is 2.75. The van der Waals surface area contributed by atoms with Crippen LogP contribution in [-0.4, -0.2) is 17.1 Å². The molecule has 2 aromatic rings. The fraction of sp³-hybridized carbons (Fsp3) is 0.0714. The number of rotatable bonds is 4. The molecule has 0 aromatic heterocycles. The standard InChI is InChI=1S/C14H11ClN2O3S/c1-21-11-5-3-10(4-6-11)16-14(18)12-7-2-9(15)8-13(12)17(19)20/h2-8H,1H3,(H,16,18). The van der Waals surface area contributed by atoms with E-state index in [2.05, 4.69) is 5.32 Å². The molecule has 0 spiro atoms. The molecule has 0 atom stereocenters. The van der Waals surface area contributed by atoms with Gasteiger partial charge in [-0.05, 0) is 42.7 Å². The molecule has 1 N–H and O–H groups in total. The molecule has 0 aliphatic carbocycles. The van der Waals surface area contributed by atoms with E-state index in [-0.39, 0.29) is 16.3 Å². The Balaban J connectivity index is 2.25. The van der Waals surface area contributed by atoms with E-state index in [0.29, 0.717) is 5.69 Å². The second-order valence-corrected chi connectivity index (χ2v) is 5.42. The molecule has 0 unspecified atom stereocenters. The first-order valence-corrected chi connectivity index (χ1v) is 7.51. The summed E-state index contributed by atoms with van der Waals surface area (Å²) in [6, 6.07) is 11.1. The van der Waals surface area contributed by atoms with Gasteiger partial charge in [0.2, 0.25) is 0 Å². The van der Waals surface area contributed by atoms with E-state index in [1.807, 2.05) is 18.4 Å². The summed E-state index contributed by atoms with van der Waals surface area (Å²) in [6.45, 7) is 0. The summed E-state index contributed by atoms with van der Waals surface area (Å²) in [6.07, 6.45) is 1.95. The summed E-state index contributed by atoms with van der Waals surface area (Å²) in [4.78, 5) is 23.6. The summed E-state index contributed by atoms with van der Waals surface area (Å²) in [5, 5.41) is 13.8. The number of carbonyl (C=O) groups is 1. The average Bonchev–Trinajstić information content (AvgIpc) is 2.47. The van der Waals surface area contributed by atoms with Gasteiger partial charge < -0.3 is 5.32 Å². The number of hydrogen-bond acceptors (Lipinski definition) is 4. The maximum absolute atomic E-state index is 12.1. The van der Waals surface area contributed by atoms with Crippen molar-refractivity contribution in [2.45, 2.75) is 4.90 Å². The second kappa shape index (κ2) is 6.60. The molecular formula is C14H11ClN2O3S. The number of benzene rings is 2. The number of carbonyl (C=O) groups excluding carboxylic acids is 1. The Bertz CT molecular complexity index is 689. The summed E-state index contributed by atoms with van der Waals surface area (Å²) in [5.41, 5.74) is 0.223. The highest BCUT2D eigenvalue weighted by molar-refractivity contribution is 7.98. The zero-order valence-corrected chi connectivity index (χ0v) is 12.6. The van der Waals surface area contributed by atoms with Gasteiger partial charge in [0.25, 0.3) is 11.6 Å². The Morgan fingerprint density at radius 2 is 1.90 bits per heavy atom. The zero-order chi connectivity index (χ0) is 15.4. The molecule has 0 radical (unpaired) electrons. The molecule has 108 valence electrons. The lowest BCUT2D eigenvalue weighted by molar-refractivity contribution is -0.385. The maximum atomic E-state index is 12.1. The van der Waals surface area contributed by atoms with Crippen LogP contribution < -0.4 is 5.32 Å². The first-order valence-electron chi connectivity index (χ1n) is 5.90. The highest BCUT2D eigenvalue weighted by Gasteiger charge is 2.20. The van der Waals surface area contributed by atoms with Crippen molar-refractivity contribution in [1.29, 1.82) is 0 Å². The van der Waals surface area contributed by atoms with Crippen molar-refractivity contribution in [1.82, 2.24) is 0 Å². The first kappa shape index (κ1) is 15.3. The number of nitro groups is 1. The molecule has 0 saturated carbocycles. The van der Waals surface area contributed by atoms with Gasteiger partial charge >= 0.3 is 0 Å². The van der Waals surface area contributed by atoms with E-state index in [1.54, 1.807) is 23.9 Å². The van der Waals surface area contributed by atoms with Crippen molar-refractivity contribution in [2.24, 2.45) is 0 Å². The van der Waals surface area contributed by atoms with Crippen LogP contribution in [0.25, 0.3) is 0 Å². The minimum Gasteiger partial charge on any atom is -0.322 e. The lowest BCUT2D eigenvalue weighted by atomic mass is 10.1. The van der Waals surface area contributed by atoms with E-state index in [1.165, 1.54) is 12.1 Å². The average molecular weight is 323 g/mol. The van der Waals surface area contributed by atoms with Gasteiger partial charge in [0.05, 0.1) is 4.92 Å². The van der Waals surface area contributed by atoms with E-state index in [0.717, 1.165) is 11.0 Å². The molecule has 7 heteroatoms. The number of nitrogens with one attached hydrogen (secondary N) is 1. The quantitative estimate of drug-likeness (QED) is 0.519. The van der Waals surface area contributed by atoms with Gasteiger partial charge in [0.15, 0.2) is 0 Å². The van der Waals surface area contributed by atoms with Gasteiger partial charge in [-0.15, -0.1) is 11.8 Å². The lowest BCUT2D eigenvalue weighted by Crippen LogP contribution is -2.13. The van der Waals surface area contributed by atoms with E-state index < -0.39 is 10.8 Å². The largest absolute Gasteiger partial charge is 0.322 e. The normalized spacial score (nSPS) is 10.2. The first-order chi connectivity index (χ1) is 10.0. The SMILES string of the molecule is CSc1ccc(NC(=O)c2ccc(Cl)cc2[N+](=O)[O-])cc1. The highest BCUT2D eigenvalue weighted by atomic mass is 35.5. The van der Waals surface area contributed by atoms with Gasteiger partial charge in [-0.25, -0.2) is 0 Å². The monoisotopic (exact) mass is 322 g/mol. The van der Waals surface area contributed by atoms with E-state index in [9.17, 15) is 14.9 Å². The van der Waals surface area contributed by atoms with Gasteiger partial charge in [-0.1, -0.05) is 11.6 Å². The third-order valence-corrected chi connectivity index (χ3v) is 3.73. The molecule has 2 rings (SSSR count). The molecule has 1 amide bonds. The van der Waals surface area contributed by atoms with Crippen molar-refractivity contribution < 1.29 is 9.72 Å². The zero-order valence-electron chi connectivity index (χ0n) is 11.0. The smallest absolute Gasteiger partial charge is 0.283 e. The third kappa shape index (κ3) is 3.74. The van der Waals surface area contributed by atoms with Crippen LogP contribution in [0.5, 0.6) is 0 Å². The van der Waals surface area contributed by atoms with Gasteiger partial charge in [0.1, 0.15) is 5.56 Å². The molecule has 5 nitrogen and oxygen atoms in total. The fourth-order valence-corrected chi connectivity index (χ4v) is 2.30. The molecular weight excluding hydrogens is 312 g/mol. The van der Waals surface area contributed by atoms with Gasteiger partial charge in [-0.2, -0.15) is 0 Å². The van der Waals surface area contributed by atoms with Crippen LogP contribution in [0.4, 0.5) is 11.4 Å². The summed E-state index contributed by atoms with van der Waals surface area (Å²) in [5.74, 6) is -0.546. The molecule has 0 fully saturated rings. The van der Waals surface area contributed by atoms with Crippen LogP contribution in [0.1, 0.15) is 10.4 Å². The van der Waals surface area contributed by atoms with E-state index in [4.69, 9.17) is 11.6 Å². The van der Waals surface area contributed by atoms with Crippen LogP contribution in [0.2, 0.25) is 5.02 Å². The van der Waals surface area contributed by atoms with Crippen LogP contribution in [0.3, 0.4) is 0 Å².